The van der Waals surface area contributed by atoms with Crippen LogP contribution in [-0.2, 0) is 4.79 Å². The molecule has 0 unspecified atom stereocenters. The van der Waals surface area contributed by atoms with Crippen LogP contribution in [-0.4, -0.2) is 35.0 Å². The van der Waals surface area contributed by atoms with Gasteiger partial charge in [-0.2, -0.15) is 0 Å². The Labute approximate surface area is 101 Å². The second-order valence-electron chi connectivity index (χ2n) is 3.13. The van der Waals surface area contributed by atoms with Crippen molar-refractivity contribution in [3.63, 3.8) is 0 Å². The van der Waals surface area contributed by atoms with Gasteiger partial charge in [-0.25, -0.2) is 0 Å². The highest BCUT2D eigenvalue weighted by Gasteiger charge is 2.20. The Bertz CT molecular complexity index is 388. The van der Waals surface area contributed by atoms with Crippen molar-refractivity contribution in [3.05, 3.63) is 22.6 Å². The first-order valence-electron chi connectivity index (χ1n) is 4.80. The second kappa shape index (κ2) is 5.69. The Morgan fingerprint density at radius 3 is 2.69 bits per heavy atom. The fourth-order valence-electron chi connectivity index (χ4n) is 1.22. The van der Waals surface area contributed by atoms with Crippen molar-refractivity contribution < 1.29 is 19.1 Å². The summed E-state index contributed by atoms with van der Waals surface area (Å²) in [5.41, 5.74) is 0. The molecule has 1 aromatic heterocycles. The van der Waals surface area contributed by atoms with E-state index in [0.717, 1.165) is 0 Å². The predicted octanol–water partition coefficient (Wildman–Crippen LogP) is 1.98. The average molecular weight is 290 g/mol. The second-order valence-corrected chi connectivity index (χ2v) is 3.98. The maximum atomic E-state index is 11.9. The lowest BCUT2D eigenvalue weighted by Gasteiger charge is -2.18. The summed E-state index contributed by atoms with van der Waals surface area (Å²) in [4.78, 5) is 23.7. The van der Waals surface area contributed by atoms with Crippen LogP contribution in [0.15, 0.2) is 21.2 Å². The van der Waals surface area contributed by atoms with E-state index in [0.29, 0.717) is 11.0 Å². The molecule has 6 heteroatoms. The zero-order chi connectivity index (χ0) is 12.1. The van der Waals surface area contributed by atoms with Crippen molar-refractivity contribution in [2.24, 2.45) is 0 Å². The van der Waals surface area contributed by atoms with Crippen LogP contribution < -0.4 is 0 Å². The summed E-state index contributed by atoms with van der Waals surface area (Å²) in [6.07, 6.45) is 1.33. The molecule has 1 amide bonds. The van der Waals surface area contributed by atoms with Crippen LogP contribution in [0.5, 0.6) is 0 Å². The van der Waals surface area contributed by atoms with Crippen molar-refractivity contribution in [1.29, 1.82) is 0 Å². The highest BCUT2D eigenvalue weighted by atomic mass is 79.9. The van der Waals surface area contributed by atoms with Crippen molar-refractivity contribution in [2.75, 3.05) is 13.1 Å². The number of furan rings is 1. The monoisotopic (exact) mass is 289 g/mol. The first-order chi connectivity index (χ1) is 7.56. The van der Waals surface area contributed by atoms with Gasteiger partial charge in [0.05, 0.1) is 17.2 Å². The maximum Gasteiger partial charge on any atom is 0.305 e. The summed E-state index contributed by atoms with van der Waals surface area (Å²) in [5, 5.41) is 8.55. The largest absolute Gasteiger partial charge is 0.481 e. The smallest absolute Gasteiger partial charge is 0.305 e. The molecule has 88 valence electrons. The van der Waals surface area contributed by atoms with Gasteiger partial charge in [0.1, 0.15) is 0 Å². The van der Waals surface area contributed by atoms with Gasteiger partial charge in [-0.1, -0.05) is 0 Å². The molecule has 0 aromatic carbocycles. The zero-order valence-corrected chi connectivity index (χ0v) is 10.4. The molecular formula is C10H12BrNO4. The van der Waals surface area contributed by atoms with Crippen LogP contribution >= 0.6 is 15.9 Å². The summed E-state index contributed by atoms with van der Waals surface area (Å²) >= 11 is 3.19. The molecule has 0 aliphatic rings. The lowest BCUT2D eigenvalue weighted by molar-refractivity contribution is -0.137. The zero-order valence-electron chi connectivity index (χ0n) is 8.77. The molecule has 0 bridgehead atoms. The van der Waals surface area contributed by atoms with Gasteiger partial charge < -0.3 is 14.4 Å². The summed E-state index contributed by atoms with van der Waals surface area (Å²) in [6.45, 7) is 2.41. The minimum absolute atomic E-state index is 0.0715. The molecule has 0 radical (unpaired) electrons. The summed E-state index contributed by atoms with van der Waals surface area (Å²) in [6, 6.07) is 1.62. The number of rotatable bonds is 5. The van der Waals surface area contributed by atoms with Gasteiger partial charge in [-0.05, 0) is 28.9 Å². The van der Waals surface area contributed by atoms with E-state index in [1.165, 1.54) is 11.2 Å². The lowest BCUT2D eigenvalue weighted by Crippen LogP contribution is -2.32. The van der Waals surface area contributed by atoms with E-state index in [-0.39, 0.29) is 24.6 Å². The molecule has 0 saturated carbocycles. The van der Waals surface area contributed by atoms with E-state index in [2.05, 4.69) is 15.9 Å². The number of carbonyl (C=O) groups excluding carboxylic acids is 1. The summed E-state index contributed by atoms with van der Waals surface area (Å²) in [7, 11) is 0. The molecule has 0 spiro atoms. The number of amides is 1. The summed E-state index contributed by atoms with van der Waals surface area (Å²) < 4.78 is 5.61. The maximum absolute atomic E-state index is 11.9. The van der Waals surface area contributed by atoms with E-state index in [1.54, 1.807) is 13.0 Å². The normalized spacial score (nSPS) is 10.1. The molecule has 0 aliphatic heterocycles. The highest BCUT2D eigenvalue weighted by Crippen LogP contribution is 2.19. The number of carboxylic acids is 1. The highest BCUT2D eigenvalue weighted by molar-refractivity contribution is 9.10. The van der Waals surface area contributed by atoms with Crippen LogP contribution in [0, 0.1) is 0 Å². The molecular weight excluding hydrogens is 278 g/mol. The first kappa shape index (κ1) is 12.8. The van der Waals surface area contributed by atoms with E-state index < -0.39 is 5.97 Å². The minimum atomic E-state index is -0.926. The topological polar surface area (TPSA) is 70.8 Å². The third kappa shape index (κ3) is 3.10. The number of aliphatic carboxylic acids is 1. The van der Waals surface area contributed by atoms with E-state index in [4.69, 9.17) is 9.52 Å². The Kier molecular flexibility index (Phi) is 4.54. The number of carbonyl (C=O) groups is 2. The van der Waals surface area contributed by atoms with Gasteiger partial charge in [0, 0.05) is 13.1 Å². The Hall–Kier alpha value is -1.30. The number of nitrogens with zero attached hydrogens (tertiary/aromatic N) is 1. The van der Waals surface area contributed by atoms with Gasteiger partial charge in [0.25, 0.3) is 5.91 Å². The molecule has 0 fully saturated rings. The van der Waals surface area contributed by atoms with Crippen LogP contribution in [0.4, 0.5) is 0 Å². The SMILES string of the molecule is CCN(CCC(=O)O)C(=O)c1occc1Br. The number of hydrogen-bond donors (Lipinski definition) is 1. The first-order valence-corrected chi connectivity index (χ1v) is 5.59. The number of carboxylic acid groups (broad SMARTS) is 1. The third-order valence-electron chi connectivity index (χ3n) is 2.08. The van der Waals surface area contributed by atoms with Crippen molar-refractivity contribution in [3.8, 4) is 0 Å². The number of hydrogen-bond acceptors (Lipinski definition) is 3. The molecule has 1 aromatic rings. The number of halogens is 1. The van der Waals surface area contributed by atoms with Crippen LogP contribution in [0.25, 0.3) is 0 Å². The standard InChI is InChI=1S/C10H12BrNO4/c1-2-12(5-3-8(13)14)10(15)9-7(11)4-6-16-9/h4,6H,2-3,5H2,1H3,(H,13,14). The Balaban J connectivity index is 2.70. The molecule has 1 N–H and O–H groups in total. The Morgan fingerprint density at radius 2 is 2.25 bits per heavy atom. The van der Waals surface area contributed by atoms with E-state index in [1.807, 2.05) is 0 Å². The Morgan fingerprint density at radius 1 is 1.56 bits per heavy atom. The van der Waals surface area contributed by atoms with Crippen LogP contribution in [0.2, 0.25) is 0 Å². The van der Waals surface area contributed by atoms with Gasteiger partial charge in [-0.3, -0.25) is 9.59 Å². The molecule has 16 heavy (non-hydrogen) atoms. The van der Waals surface area contributed by atoms with Crippen molar-refractivity contribution in [2.45, 2.75) is 13.3 Å². The van der Waals surface area contributed by atoms with Crippen LogP contribution in [0.1, 0.15) is 23.9 Å². The summed E-state index contributed by atoms with van der Waals surface area (Å²) in [5.74, 6) is -1.03. The lowest BCUT2D eigenvalue weighted by atomic mass is 10.3. The minimum Gasteiger partial charge on any atom is -0.481 e. The molecule has 0 aliphatic carbocycles. The fourth-order valence-corrected chi connectivity index (χ4v) is 1.59. The fraction of sp³-hybridized carbons (Fsp3) is 0.400. The third-order valence-corrected chi connectivity index (χ3v) is 2.70. The van der Waals surface area contributed by atoms with Gasteiger partial charge in [-0.15, -0.1) is 0 Å². The molecule has 0 saturated heterocycles. The predicted molar refractivity (Wildman–Crippen MR) is 60.2 cm³/mol. The van der Waals surface area contributed by atoms with Gasteiger partial charge in [0.15, 0.2) is 0 Å². The quantitative estimate of drug-likeness (QED) is 0.900. The molecule has 5 nitrogen and oxygen atoms in total. The van der Waals surface area contributed by atoms with E-state index in [9.17, 15) is 9.59 Å². The molecule has 0 atom stereocenters. The van der Waals surface area contributed by atoms with Gasteiger partial charge in [0.2, 0.25) is 5.76 Å². The van der Waals surface area contributed by atoms with Crippen molar-refractivity contribution >= 4 is 27.8 Å². The average Bonchev–Trinajstić information content (AvgIpc) is 2.64. The van der Waals surface area contributed by atoms with Gasteiger partial charge >= 0.3 is 5.97 Å². The van der Waals surface area contributed by atoms with E-state index >= 15 is 0 Å². The van der Waals surface area contributed by atoms with Crippen LogP contribution in [0.3, 0.4) is 0 Å². The molecule has 1 rings (SSSR count). The molecule has 1 heterocycles. The van der Waals surface area contributed by atoms with Crippen molar-refractivity contribution in [1.82, 2.24) is 4.90 Å².